The van der Waals surface area contributed by atoms with Gasteiger partial charge in [0.15, 0.2) is 0 Å². The molecule has 4 aromatic rings. The molecule has 0 fully saturated rings. The highest BCUT2D eigenvalue weighted by molar-refractivity contribution is 7.92. The number of nitrogens with one attached hydrogen (secondary N) is 1. The SMILES string of the molecule is CC(C)c1ccccc1-c1cc(Oc2ccc(CCN(C)C)cc2)nc(NS(=O)(=O)c2cccc(N)c2)n1. The van der Waals surface area contributed by atoms with E-state index in [0.29, 0.717) is 17.1 Å². The van der Waals surface area contributed by atoms with E-state index in [1.54, 1.807) is 18.2 Å². The molecule has 3 aromatic carbocycles. The van der Waals surface area contributed by atoms with E-state index < -0.39 is 10.0 Å². The topological polar surface area (TPSA) is 110 Å². The molecular weight excluding hydrogens is 498 g/mol. The molecule has 0 spiro atoms. The average molecular weight is 532 g/mol. The van der Waals surface area contributed by atoms with Crippen LogP contribution in [0.25, 0.3) is 11.3 Å². The number of ether oxygens (including phenoxy) is 1. The number of nitrogens with zero attached hydrogens (tertiary/aromatic N) is 3. The third kappa shape index (κ3) is 6.87. The van der Waals surface area contributed by atoms with E-state index in [-0.39, 0.29) is 22.6 Å². The van der Waals surface area contributed by atoms with Crippen LogP contribution in [-0.2, 0) is 16.4 Å². The first-order chi connectivity index (χ1) is 18.1. The molecule has 0 bridgehead atoms. The monoisotopic (exact) mass is 531 g/mol. The molecule has 38 heavy (non-hydrogen) atoms. The van der Waals surface area contributed by atoms with Crippen molar-refractivity contribution in [2.75, 3.05) is 31.1 Å². The molecule has 4 rings (SSSR count). The normalized spacial score (nSPS) is 11.6. The van der Waals surface area contributed by atoms with Crippen LogP contribution in [0.2, 0.25) is 0 Å². The third-order valence-electron chi connectivity index (χ3n) is 5.95. The van der Waals surface area contributed by atoms with E-state index in [0.717, 1.165) is 24.1 Å². The molecule has 8 nitrogen and oxygen atoms in total. The number of nitrogens with two attached hydrogens (primary N) is 1. The Labute approximate surface area is 224 Å². The van der Waals surface area contributed by atoms with E-state index in [4.69, 9.17) is 10.5 Å². The van der Waals surface area contributed by atoms with Crippen molar-refractivity contribution in [3.05, 3.63) is 90.0 Å². The highest BCUT2D eigenvalue weighted by Gasteiger charge is 2.19. The number of hydrogen-bond donors (Lipinski definition) is 2. The van der Waals surface area contributed by atoms with Gasteiger partial charge in [-0.3, -0.25) is 0 Å². The van der Waals surface area contributed by atoms with Crippen molar-refractivity contribution >= 4 is 21.7 Å². The van der Waals surface area contributed by atoms with Gasteiger partial charge in [0.2, 0.25) is 11.8 Å². The summed E-state index contributed by atoms with van der Waals surface area (Å²) in [6.07, 6.45) is 0.923. The summed E-state index contributed by atoms with van der Waals surface area (Å²) in [7, 11) is 0.0993. The average Bonchev–Trinajstić information content (AvgIpc) is 2.88. The van der Waals surface area contributed by atoms with Gasteiger partial charge in [-0.05, 0) is 67.9 Å². The van der Waals surface area contributed by atoms with Crippen molar-refractivity contribution in [3.8, 4) is 22.9 Å². The Bertz CT molecular complexity index is 1500. The van der Waals surface area contributed by atoms with Crippen LogP contribution in [0.1, 0.15) is 30.9 Å². The Morgan fingerprint density at radius 1 is 0.947 bits per heavy atom. The summed E-state index contributed by atoms with van der Waals surface area (Å²) in [6, 6.07) is 23.4. The van der Waals surface area contributed by atoms with E-state index in [1.165, 1.54) is 17.7 Å². The first-order valence-corrected chi connectivity index (χ1v) is 13.9. The molecule has 0 unspecified atom stereocenters. The lowest BCUT2D eigenvalue weighted by molar-refractivity contribution is 0.413. The zero-order valence-corrected chi connectivity index (χ0v) is 22.9. The summed E-state index contributed by atoms with van der Waals surface area (Å²) < 4.78 is 34.8. The zero-order valence-electron chi connectivity index (χ0n) is 22.0. The molecule has 0 aliphatic carbocycles. The molecular formula is C29H33N5O3S. The van der Waals surface area contributed by atoms with Gasteiger partial charge in [0.25, 0.3) is 10.0 Å². The fraction of sp³-hybridized carbons (Fsp3) is 0.241. The molecule has 1 aromatic heterocycles. The molecule has 0 aliphatic rings. The lowest BCUT2D eigenvalue weighted by Gasteiger charge is -2.15. The van der Waals surface area contributed by atoms with Crippen LogP contribution in [0.15, 0.2) is 83.8 Å². The van der Waals surface area contributed by atoms with Crippen LogP contribution >= 0.6 is 0 Å². The molecule has 0 atom stereocenters. The highest BCUT2D eigenvalue weighted by Crippen LogP contribution is 2.32. The minimum atomic E-state index is -3.98. The second-order valence-electron chi connectivity index (χ2n) is 9.63. The van der Waals surface area contributed by atoms with Crippen molar-refractivity contribution in [1.29, 1.82) is 0 Å². The van der Waals surface area contributed by atoms with E-state index >= 15 is 0 Å². The summed E-state index contributed by atoms with van der Waals surface area (Å²) >= 11 is 0. The number of nitrogen functional groups attached to an aromatic ring is 1. The Kier molecular flexibility index (Phi) is 8.29. The minimum absolute atomic E-state index is 0.0184. The summed E-state index contributed by atoms with van der Waals surface area (Å²) in [5, 5.41) is 0. The van der Waals surface area contributed by atoms with Gasteiger partial charge in [-0.15, -0.1) is 0 Å². The molecule has 0 aliphatic heterocycles. The van der Waals surface area contributed by atoms with Gasteiger partial charge in [0, 0.05) is 23.9 Å². The summed E-state index contributed by atoms with van der Waals surface area (Å²) in [5.41, 5.74) is 9.83. The van der Waals surface area contributed by atoms with Gasteiger partial charge in [-0.2, -0.15) is 4.98 Å². The number of sulfonamides is 1. The maximum Gasteiger partial charge on any atom is 0.264 e. The summed E-state index contributed by atoms with van der Waals surface area (Å²) in [4.78, 5) is 11.1. The van der Waals surface area contributed by atoms with E-state index in [2.05, 4.69) is 33.4 Å². The molecule has 1 heterocycles. The molecule has 0 saturated heterocycles. The molecule has 3 N–H and O–H groups in total. The Hall–Kier alpha value is -3.95. The maximum atomic E-state index is 13.1. The Balaban J connectivity index is 1.71. The lowest BCUT2D eigenvalue weighted by Crippen LogP contribution is -2.16. The Morgan fingerprint density at radius 2 is 1.68 bits per heavy atom. The first kappa shape index (κ1) is 27.1. The van der Waals surface area contributed by atoms with Gasteiger partial charge < -0.3 is 15.4 Å². The van der Waals surface area contributed by atoms with Gasteiger partial charge in [0.1, 0.15) is 5.75 Å². The predicted octanol–water partition coefficient (Wildman–Crippen LogP) is 5.55. The van der Waals surface area contributed by atoms with Crippen molar-refractivity contribution in [3.63, 3.8) is 0 Å². The summed E-state index contributed by atoms with van der Waals surface area (Å²) in [6.45, 7) is 5.14. The highest BCUT2D eigenvalue weighted by atomic mass is 32.2. The van der Waals surface area contributed by atoms with Gasteiger partial charge in [0.05, 0.1) is 10.6 Å². The van der Waals surface area contributed by atoms with Crippen LogP contribution in [0, 0.1) is 0 Å². The number of anilines is 2. The smallest absolute Gasteiger partial charge is 0.264 e. The third-order valence-corrected chi connectivity index (χ3v) is 7.27. The molecule has 0 radical (unpaired) electrons. The van der Waals surface area contributed by atoms with Gasteiger partial charge in [-0.1, -0.05) is 56.3 Å². The minimum Gasteiger partial charge on any atom is -0.439 e. The van der Waals surface area contributed by atoms with E-state index in [1.807, 2.05) is 62.6 Å². The number of benzene rings is 3. The van der Waals surface area contributed by atoms with Crippen molar-refractivity contribution < 1.29 is 13.2 Å². The van der Waals surface area contributed by atoms with Gasteiger partial charge in [-0.25, -0.2) is 18.1 Å². The molecule has 9 heteroatoms. The van der Waals surface area contributed by atoms with Crippen LogP contribution in [0.5, 0.6) is 11.6 Å². The quantitative estimate of drug-likeness (QED) is 0.258. The van der Waals surface area contributed by atoms with Crippen LogP contribution in [0.4, 0.5) is 11.6 Å². The number of rotatable bonds is 10. The molecule has 0 saturated carbocycles. The predicted molar refractivity (Wildman–Crippen MR) is 152 cm³/mol. The number of hydrogen-bond acceptors (Lipinski definition) is 7. The van der Waals surface area contributed by atoms with Crippen molar-refractivity contribution in [2.24, 2.45) is 0 Å². The number of aromatic nitrogens is 2. The van der Waals surface area contributed by atoms with Crippen LogP contribution in [-0.4, -0.2) is 43.9 Å². The maximum absolute atomic E-state index is 13.1. The fourth-order valence-corrected chi connectivity index (χ4v) is 4.95. The second kappa shape index (κ2) is 11.6. The largest absolute Gasteiger partial charge is 0.439 e. The Morgan fingerprint density at radius 3 is 2.37 bits per heavy atom. The van der Waals surface area contributed by atoms with Crippen LogP contribution in [0.3, 0.4) is 0 Å². The van der Waals surface area contributed by atoms with Crippen molar-refractivity contribution in [1.82, 2.24) is 14.9 Å². The van der Waals surface area contributed by atoms with Gasteiger partial charge >= 0.3 is 0 Å². The first-order valence-electron chi connectivity index (χ1n) is 12.4. The second-order valence-corrected chi connectivity index (χ2v) is 11.3. The standard InChI is InChI=1S/C29H33N5O3S/c1-20(2)25-10-5-6-11-26(25)27-19-28(37-23-14-12-21(13-15-23)16-17-34(3)4)32-29(31-27)33-38(35,36)24-9-7-8-22(30)18-24/h5-15,18-20H,16-17,30H2,1-4H3,(H,31,32,33). The zero-order chi connectivity index (χ0) is 27.3. The van der Waals surface area contributed by atoms with Crippen molar-refractivity contribution in [2.45, 2.75) is 31.1 Å². The van der Waals surface area contributed by atoms with E-state index in [9.17, 15) is 8.42 Å². The number of likely N-dealkylation sites (N-methyl/N-ethyl adjacent to an activating group) is 1. The lowest BCUT2D eigenvalue weighted by atomic mass is 9.95. The fourth-order valence-electron chi connectivity index (χ4n) is 3.95. The molecule has 0 amide bonds. The van der Waals surface area contributed by atoms with Crippen LogP contribution < -0.4 is 15.2 Å². The molecule has 198 valence electrons. The summed E-state index contributed by atoms with van der Waals surface area (Å²) in [5.74, 6) is 0.943.